The van der Waals surface area contributed by atoms with E-state index in [0.29, 0.717) is 0 Å². The lowest BCUT2D eigenvalue weighted by Crippen LogP contribution is -2.16. The maximum Gasteiger partial charge on any atom is 0.423 e. The van der Waals surface area contributed by atoms with Gasteiger partial charge < -0.3 is 0 Å². The quantitative estimate of drug-likeness (QED) is 0.619. The zero-order chi connectivity index (χ0) is 10.1. The van der Waals surface area contributed by atoms with Gasteiger partial charge in [-0.25, -0.2) is 4.39 Å². The van der Waals surface area contributed by atoms with Crippen LogP contribution in [-0.4, -0.2) is 6.18 Å². The third-order valence-electron chi connectivity index (χ3n) is 1.47. The van der Waals surface area contributed by atoms with Gasteiger partial charge in [0.05, 0.1) is 0 Å². The first-order valence-electron chi connectivity index (χ1n) is 3.38. The molecule has 0 fully saturated rings. The molecule has 0 radical (unpaired) electrons. The molecule has 0 bridgehead atoms. The second kappa shape index (κ2) is 3.54. The van der Waals surface area contributed by atoms with Crippen molar-refractivity contribution in [1.82, 2.24) is 0 Å². The van der Waals surface area contributed by atoms with Crippen LogP contribution in [0.3, 0.4) is 0 Å². The van der Waals surface area contributed by atoms with Gasteiger partial charge in [-0.3, -0.25) is 0 Å². The van der Waals surface area contributed by atoms with Gasteiger partial charge in [0.25, 0.3) is 0 Å². The van der Waals surface area contributed by atoms with Crippen LogP contribution in [-0.2, 0) is 0 Å². The number of rotatable bonds is 1. The van der Waals surface area contributed by atoms with E-state index < -0.39 is 17.9 Å². The summed E-state index contributed by atoms with van der Waals surface area (Å²) >= 11 is 5.39. The highest BCUT2D eigenvalue weighted by atomic mass is 35.5. The van der Waals surface area contributed by atoms with E-state index in [1.165, 1.54) is 18.2 Å². The molecule has 1 unspecified atom stereocenters. The lowest BCUT2D eigenvalue weighted by Gasteiger charge is -2.13. The van der Waals surface area contributed by atoms with Crippen molar-refractivity contribution in [3.8, 4) is 0 Å². The first kappa shape index (κ1) is 10.3. The monoisotopic (exact) mass is 212 g/mol. The van der Waals surface area contributed by atoms with Crippen molar-refractivity contribution >= 4 is 11.6 Å². The average molecular weight is 213 g/mol. The van der Waals surface area contributed by atoms with Crippen LogP contribution < -0.4 is 0 Å². The van der Waals surface area contributed by atoms with Crippen LogP contribution in [0, 0.1) is 0 Å². The van der Waals surface area contributed by atoms with Gasteiger partial charge in [-0.05, 0) is 6.07 Å². The van der Waals surface area contributed by atoms with Crippen LogP contribution in [0.25, 0.3) is 0 Å². The largest absolute Gasteiger partial charge is 0.423 e. The number of hydrogen-bond acceptors (Lipinski definition) is 0. The number of alkyl halides is 4. The van der Waals surface area contributed by atoms with Crippen molar-refractivity contribution < 1.29 is 17.6 Å². The van der Waals surface area contributed by atoms with E-state index in [2.05, 4.69) is 0 Å². The molecule has 0 aromatic heterocycles. The Kier molecular flexibility index (Phi) is 2.81. The molecule has 0 aliphatic rings. The van der Waals surface area contributed by atoms with Crippen molar-refractivity contribution in [1.29, 1.82) is 0 Å². The SMILES string of the molecule is FC(c1ccccc1Cl)C(F)(F)F. The van der Waals surface area contributed by atoms with E-state index in [4.69, 9.17) is 11.6 Å². The van der Waals surface area contributed by atoms with Gasteiger partial charge in [-0.15, -0.1) is 0 Å². The van der Waals surface area contributed by atoms with Crippen molar-refractivity contribution in [2.75, 3.05) is 0 Å². The summed E-state index contributed by atoms with van der Waals surface area (Å²) in [4.78, 5) is 0. The van der Waals surface area contributed by atoms with Gasteiger partial charge >= 0.3 is 6.18 Å². The summed E-state index contributed by atoms with van der Waals surface area (Å²) in [5.74, 6) is 0. The second-order valence-electron chi connectivity index (χ2n) is 2.43. The predicted molar refractivity (Wildman–Crippen MR) is 41.4 cm³/mol. The molecule has 0 saturated carbocycles. The lowest BCUT2D eigenvalue weighted by molar-refractivity contribution is -0.182. The van der Waals surface area contributed by atoms with Crippen molar-refractivity contribution in [2.24, 2.45) is 0 Å². The summed E-state index contributed by atoms with van der Waals surface area (Å²) in [5, 5.41) is -0.215. The number of halogens is 5. The van der Waals surface area contributed by atoms with E-state index in [1.54, 1.807) is 0 Å². The van der Waals surface area contributed by atoms with Gasteiger partial charge in [-0.2, -0.15) is 13.2 Å². The standard InChI is InChI=1S/C8H5ClF4/c9-6-4-2-1-3-5(6)7(10)8(11,12)13/h1-4,7H. The fourth-order valence-corrected chi connectivity index (χ4v) is 1.09. The molecule has 0 nitrogen and oxygen atoms in total. The van der Waals surface area contributed by atoms with Gasteiger partial charge in [0, 0.05) is 10.6 Å². The molecule has 1 aromatic rings. The molecular formula is C8H5ClF4. The Balaban J connectivity index is 3.02. The van der Waals surface area contributed by atoms with E-state index in [-0.39, 0.29) is 5.02 Å². The summed E-state index contributed by atoms with van der Waals surface area (Å²) < 4.78 is 48.3. The fraction of sp³-hybridized carbons (Fsp3) is 0.250. The van der Waals surface area contributed by atoms with Gasteiger partial charge in [-0.1, -0.05) is 29.8 Å². The van der Waals surface area contributed by atoms with Crippen LogP contribution in [0.15, 0.2) is 24.3 Å². The molecule has 1 atom stereocenters. The molecule has 1 aromatic carbocycles. The summed E-state index contributed by atoms with van der Waals surface area (Å²) in [6, 6.07) is 4.98. The third kappa shape index (κ3) is 2.34. The first-order valence-corrected chi connectivity index (χ1v) is 3.76. The summed E-state index contributed by atoms with van der Waals surface area (Å²) in [6.07, 6.45) is -7.91. The van der Waals surface area contributed by atoms with Crippen molar-refractivity contribution in [3.05, 3.63) is 34.9 Å². The van der Waals surface area contributed by atoms with Crippen LogP contribution in [0.1, 0.15) is 11.7 Å². The minimum Gasteiger partial charge on any atom is -0.232 e. The molecule has 0 N–H and O–H groups in total. The topological polar surface area (TPSA) is 0 Å². The Bertz CT molecular complexity index is 294. The Labute approximate surface area is 77.1 Å². The fourth-order valence-electron chi connectivity index (χ4n) is 0.857. The molecule has 0 amide bonds. The average Bonchev–Trinajstić information content (AvgIpc) is 2.02. The van der Waals surface area contributed by atoms with Gasteiger partial charge in [0.15, 0.2) is 0 Å². The molecule has 1 rings (SSSR count). The minimum atomic E-state index is -4.90. The van der Waals surface area contributed by atoms with Crippen LogP contribution in [0.4, 0.5) is 17.6 Å². The van der Waals surface area contributed by atoms with Crippen LogP contribution in [0.2, 0.25) is 5.02 Å². The van der Waals surface area contributed by atoms with E-state index in [0.717, 1.165) is 6.07 Å². The van der Waals surface area contributed by atoms with Gasteiger partial charge in [0.2, 0.25) is 6.17 Å². The molecule has 13 heavy (non-hydrogen) atoms. The molecule has 5 heteroatoms. The predicted octanol–water partition coefficient (Wildman–Crippen LogP) is 3.91. The molecule has 0 spiro atoms. The van der Waals surface area contributed by atoms with Crippen molar-refractivity contribution in [3.63, 3.8) is 0 Å². The van der Waals surface area contributed by atoms with E-state index >= 15 is 0 Å². The highest BCUT2D eigenvalue weighted by Gasteiger charge is 2.42. The molecular weight excluding hydrogens is 208 g/mol. The van der Waals surface area contributed by atoms with Gasteiger partial charge in [0.1, 0.15) is 0 Å². The number of hydrogen-bond donors (Lipinski definition) is 0. The molecule has 0 heterocycles. The van der Waals surface area contributed by atoms with E-state index in [1.807, 2.05) is 0 Å². The summed E-state index contributed by atoms with van der Waals surface area (Å²) in [7, 11) is 0. The molecule has 72 valence electrons. The zero-order valence-electron chi connectivity index (χ0n) is 6.28. The number of benzene rings is 1. The van der Waals surface area contributed by atoms with E-state index in [9.17, 15) is 17.6 Å². The maximum atomic E-state index is 12.7. The van der Waals surface area contributed by atoms with Crippen LogP contribution in [0.5, 0.6) is 0 Å². The lowest BCUT2D eigenvalue weighted by atomic mass is 10.1. The normalized spacial score (nSPS) is 14.2. The molecule has 0 aliphatic carbocycles. The highest BCUT2D eigenvalue weighted by molar-refractivity contribution is 6.31. The Morgan fingerprint density at radius 3 is 2.15 bits per heavy atom. The minimum absolute atomic E-state index is 0.215. The smallest absolute Gasteiger partial charge is 0.232 e. The zero-order valence-corrected chi connectivity index (χ0v) is 7.03. The Morgan fingerprint density at radius 2 is 1.69 bits per heavy atom. The Morgan fingerprint density at radius 1 is 1.15 bits per heavy atom. The summed E-state index contributed by atoms with van der Waals surface area (Å²) in [5.41, 5.74) is -0.545. The first-order chi connectivity index (χ1) is 5.93. The Hall–Kier alpha value is -0.770. The van der Waals surface area contributed by atoms with Crippen molar-refractivity contribution in [2.45, 2.75) is 12.3 Å². The van der Waals surface area contributed by atoms with Crippen LogP contribution >= 0.6 is 11.6 Å². The summed E-state index contributed by atoms with van der Waals surface area (Å²) in [6.45, 7) is 0. The molecule has 0 aliphatic heterocycles. The third-order valence-corrected chi connectivity index (χ3v) is 1.81. The second-order valence-corrected chi connectivity index (χ2v) is 2.83. The molecule has 0 saturated heterocycles. The highest BCUT2D eigenvalue weighted by Crippen LogP contribution is 2.38. The maximum absolute atomic E-state index is 12.7.